The van der Waals surface area contributed by atoms with Crippen LogP contribution < -0.4 is 5.73 Å². The van der Waals surface area contributed by atoms with Crippen LogP contribution in [0.3, 0.4) is 0 Å². The fourth-order valence-corrected chi connectivity index (χ4v) is 1.59. The summed E-state index contributed by atoms with van der Waals surface area (Å²) in [5.41, 5.74) is 6.59. The number of hydrogen-bond donors (Lipinski definition) is 1. The summed E-state index contributed by atoms with van der Waals surface area (Å²) < 4.78 is 0. The Labute approximate surface area is 82.6 Å². The maximum absolute atomic E-state index is 8.77. The molecule has 2 nitrogen and oxygen atoms in total. The number of fused-ring (bicyclic) bond motifs is 1. The van der Waals surface area contributed by atoms with E-state index in [-0.39, 0.29) is 0 Å². The molecule has 0 aliphatic heterocycles. The van der Waals surface area contributed by atoms with Gasteiger partial charge in [-0.3, -0.25) is 0 Å². The lowest BCUT2D eigenvalue weighted by molar-refractivity contribution is 0.937. The molecule has 0 saturated heterocycles. The summed E-state index contributed by atoms with van der Waals surface area (Å²) in [5, 5.41) is 11.0. The molecule has 0 fully saturated rings. The highest BCUT2D eigenvalue weighted by atomic mass is 14.6. The molecule has 2 rings (SSSR count). The number of nitrogens with two attached hydrogens (primary N) is 1. The predicted octanol–water partition coefficient (Wildman–Crippen LogP) is 2.36. The fraction of sp³-hybridized carbons (Fsp3) is 0.0833. The van der Waals surface area contributed by atoms with Crippen LogP contribution in [0.5, 0.6) is 0 Å². The molecule has 14 heavy (non-hydrogen) atoms. The lowest BCUT2D eigenvalue weighted by atomic mass is 10.0. The van der Waals surface area contributed by atoms with Crippen molar-refractivity contribution in [1.29, 1.82) is 5.26 Å². The monoisotopic (exact) mass is 182 g/mol. The minimum absolute atomic E-state index is 0.541. The molecule has 0 heterocycles. The first-order valence-electron chi connectivity index (χ1n) is 4.46. The van der Waals surface area contributed by atoms with Gasteiger partial charge in [0.25, 0.3) is 0 Å². The van der Waals surface area contributed by atoms with Gasteiger partial charge in [0.2, 0.25) is 0 Å². The zero-order valence-corrected chi connectivity index (χ0v) is 7.64. The fourth-order valence-electron chi connectivity index (χ4n) is 1.59. The number of rotatable bonds is 1. The summed E-state index contributed by atoms with van der Waals surface area (Å²) in [5.74, 6) is 0. The van der Waals surface area contributed by atoms with E-state index in [4.69, 9.17) is 11.0 Å². The topological polar surface area (TPSA) is 49.8 Å². The SMILES string of the molecule is N#CC(N)c1cccc2ccccc12. The second-order valence-corrected chi connectivity index (χ2v) is 3.18. The summed E-state index contributed by atoms with van der Waals surface area (Å²) in [7, 11) is 0. The molecule has 1 unspecified atom stereocenters. The molecule has 0 bridgehead atoms. The number of benzene rings is 2. The van der Waals surface area contributed by atoms with Gasteiger partial charge in [-0.15, -0.1) is 0 Å². The van der Waals surface area contributed by atoms with Gasteiger partial charge in [0, 0.05) is 0 Å². The average Bonchev–Trinajstić information content (AvgIpc) is 2.27. The Morgan fingerprint density at radius 1 is 1.07 bits per heavy atom. The van der Waals surface area contributed by atoms with Crippen LogP contribution in [-0.2, 0) is 0 Å². The molecule has 2 N–H and O–H groups in total. The Morgan fingerprint density at radius 3 is 2.57 bits per heavy atom. The summed E-state index contributed by atoms with van der Waals surface area (Å²) in [4.78, 5) is 0. The van der Waals surface area contributed by atoms with Gasteiger partial charge in [0.05, 0.1) is 6.07 Å². The maximum atomic E-state index is 8.77. The number of nitriles is 1. The van der Waals surface area contributed by atoms with E-state index in [1.807, 2.05) is 42.5 Å². The smallest absolute Gasteiger partial charge is 0.119 e. The Bertz CT molecular complexity index is 492. The molecule has 0 aliphatic carbocycles. The van der Waals surface area contributed by atoms with Gasteiger partial charge in [-0.1, -0.05) is 42.5 Å². The molecule has 0 aromatic heterocycles. The Hall–Kier alpha value is -1.85. The Balaban J connectivity index is 2.72. The van der Waals surface area contributed by atoms with Gasteiger partial charge in [-0.25, -0.2) is 0 Å². The maximum Gasteiger partial charge on any atom is 0.119 e. The van der Waals surface area contributed by atoms with E-state index in [2.05, 4.69) is 6.07 Å². The third-order valence-corrected chi connectivity index (χ3v) is 2.30. The van der Waals surface area contributed by atoms with Gasteiger partial charge < -0.3 is 5.73 Å². The standard InChI is InChI=1S/C12H10N2/c13-8-12(14)11-7-3-5-9-4-1-2-6-10(9)11/h1-7,12H,14H2. The minimum Gasteiger partial charge on any atom is -0.312 e. The third-order valence-electron chi connectivity index (χ3n) is 2.30. The normalized spacial score (nSPS) is 12.3. The van der Waals surface area contributed by atoms with Crippen LogP contribution >= 0.6 is 0 Å². The predicted molar refractivity (Wildman–Crippen MR) is 56.5 cm³/mol. The van der Waals surface area contributed by atoms with Crippen molar-refractivity contribution in [3.05, 3.63) is 48.0 Å². The van der Waals surface area contributed by atoms with E-state index in [0.29, 0.717) is 0 Å². The van der Waals surface area contributed by atoms with Crippen molar-refractivity contribution in [3.63, 3.8) is 0 Å². The highest BCUT2D eigenvalue weighted by molar-refractivity contribution is 5.86. The molecule has 0 spiro atoms. The van der Waals surface area contributed by atoms with Crippen LogP contribution in [0.2, 0.25) is 0 Å². The van der Waals surface area contributed by atoms with E-state index in [1.165, 1.54) is 0 Å². The zero-order valence-electron chi connectivity index (χ0n) is 7.64. The van der Waals surface area contributed by atoms with Gasteiger partial charge in [0.1, 0.15) is 6.04 Å². The molecule has 68 valence electrons. The third kappa shape index (κ3) is 1.34. The molecule has 0 aliphatic rings. The van der Waals surface area contributed by atoms with Crippen molar-refractivity contribution in [2.24, 2.45) is 5.73 Å². The lowest BCUT2D eigenvalue weighted by Gasteiger charge is -2.07. The Kier molecular flexibility index (Phi) is 2.18. The van der Waals surface area contributed by atoms with Crippen LogP contribution in [0.25, 0.3) is 10.8 Å². The molecule has 2 heteroatoms. The second-order valence-electron chi connectivity index (χ2n) is 3.18. The Morgan fingerprint density at radius 2 is 1.79 bits per heavy atom. The first-order valence-corrected chi connectivity index (χ1v) is 4.46. The molecule has 0 saturated carbocycles. The van der Waals surface area contributed by atoms with Crippen molar-refractivity contribution < 1.29 is 0 Å². The van der Waals surface area contributed by atoms with Gasteiger partial charge >= 0.3 is 0 Å². The first kappa shape index (κ1) is 8.74. The van der Waals surface area contributed by atoms with E-state index in [9.17, 15) is 0 Å². The molecular formula is C12H10N2. The number of nitrogens with zero attached hydrogens (tertiary/aromatic N) is 1. The van der Waals surface area contributed by atoms with Crippen LogP contribution in [-0.4, -0.2) is 0 Å². The molecule has 2 aromatic carbocycles. The quantitative estimate of drug-likeness (QED) is 0.736. The van der Waals surface area contributed by atoms with Crippen molar-refractivity contribution >= 4 is 10.8 Å². The van der Waals surface area contributed by atoms with Crippen LogP contribution in [0.1, 0.15) is 11.6 Å². The molecule has 0 radical (unpaired) electrons. The minimum atomic E-state index is -0.541. The van der Waals surface area contributed by atoms with Crippen molar-refractivity contribution in [2.45, 2.75) is 6.04 Å². The first-order chi connectivity index (χ1) is 6.83. The van der Waals surface area contributed by atoms with Crippen molar-refractivity contribution in [1.82, 2.24) is 0 Å². The van der Waals surface area contributed by atoms with Crippen LogP contribution in [0.15, 0.2) is 42.5 Å². The van der Waals surface area contributed by atoms with E-state index in [0.717, 1.165) is 16.3 Å². The van der Waals surface area contributed by atoms with Crippen LogP contribution in [0, 0.1) is 11.3 Å². The van der Waals surface area contributed by atoms with E-state index in [1.54, 1.807) is 0 Å². The average molecular weight is 182 g/mol. The highest BCUT2D eigenvalue weighted by Crippen LogP contribution is 2.22. The van der Waals surface area contributed by atoms with E-state index >= 15 is 0 Å². The molecule has 2 aromatic rings. The summed E-state index contributed by atoms with van der Waals surface area (Å²) in [6.45, 7) is 0. The van der Waals surface area contributed by atoms with Crippen LogP contribution in [0.4, 0.5) is 0 Å². The molecule has 1 atom stereocenters. The second kappa shape index (κ2) is 3.49. The summed E-state index contributed by atoms with van der Waals surface area (Å²) in [6, 6.07) is 15.3. The summed E-state index contributed by atoms with van der Waals surface area (Å²) in [6.07, 6.45) is 0. The van der Waals surface area contributed by atoms with Crippen molar-refractivity contribution in [3.8, 4) is 6.07 Å². The number of hydrogen-bond acceptors (Lipinski definition) is 2. The molecule has 0 amide bonds. The van der Waals surface area contributed by atoms with Crippen molar-refractivity contribution in [2.75, 3.05) is 0 Å². The van der Waals surface area contributed by atoms with Gasteiger partial charge in [-0.05, 0) is 16.3 Å². The molecular weight excluding hydrogens is 172 g/mol. The van der Waals surface area contributed by atoms with E-state index < -0.39 is 6.04 Å². The largest absolute Gasteiger partial charge is 0.312 e. The van der Waals surface area contributed by atoms with Gasteiger partial charge in [0.15, 0.2) is 0 Å². The zero-order chi connectivity index (χ0) is 9.97. The van der Waals surface area contributed by atoms with Gasteiger partial charge in [-0.2, -0.15) is 5.26 Å². The summed E-state index contributed by atoms with van der Waals surface area (Å²) >= 11 is 0. The lowest BCUT2D eigenvalue weighted by Crippen LogP contribution is -2.07. The highest BCUT2D eigenvalue weighted by Gasteiger charge is 2.07.